The lowest BCUT2D eigenvalue weighted by atomic mass is 9.85. The number of nitrogens with one attached hydrogen (secondary N) is 1. The monoisotopic (exact) mass is 223 g/mol. The summed E-state index contributed by atoms with van der Waals surface area (Å²) < 4.78 is 0. The van der Waals surface area contributed by atoms with Crippen molar-refractivity contribution in [2.75, 3.05) is 26.2 Å². The molecular formula is C12H21N3O. The van der Waals surface area contributed by atoms with Crippen LogP contribution in [0.25, 0.3) is 0 Å². The van der Waals surface area contributed by atoms with Gasteiger partial charge < -0.3 is 11.1 Å². The van der Waals surface area contributed by atoms with Gasteiger partial charge in [-0.25, -0.2) is 0 Å². The first kappa shape index (κ1) is 12.9. The van der Waals surface area contributed by atoms with Crippen molar-refractivity contribution >= 4 is 5.91 Å². The molecule has 3 N–H and O–H groups in total. The van der Waals surface area contributed by atoms with Crippen molar-refractivity contribution < 1.29 is 4.79 Å². The molecular weight excluding hydrogens is 202 g/mol. The molecule has 90 valence electrons. The van der Waals surface area contributed by atoms with E-state index in [0.717, 1.165) is 25.9 Å². The van der Waals surface area contributed by atoms with Crippen LogP contribution < -0.4 is 11.1 Å². The van der Waals surface area contributed by atoms with E-state index in [1.807, 2.05) is 0 Å². The van der Waals surface area contributed by atoms with Gasteiger partial charge in [0.05, 0.1) is 0 Å². The van der Waals surface area contributed by atoms with Gasteiger partial charge in [-0.2, -0.15) is 0 Å². The molecule has 4 nitrogen and oxygen atoms in total. The van der Waals surface area contributed by atoms with Gasteiger partial charge >= 0.3 is 0 Å². The lowest BCUT2D eigenvalue weighted by Gasteiger charge is -2.43. The van der Waals surface area contributed by atoms with Crippen LogP contribution in [-0.2, 0) is 4.79 Å². The molecule has 1 heterocycles. The van der Waals surface area contributed by atoms with Crippen LogP contribution in [0.5, 0.6) is 0 Å². The van der Waals surface area contributed by atoms with Crippen molar-refractivity contribution in [3.05, 3.63) is 25.3 Å². The summed E-state index contributed by atoms with van der Waals surface area (Å²) in [7, 11) is 0. The van der Waals surface area contributed by atoms with E-state index in [2.05, 4.69) is 23.4 Å². The second kappa shape index (κ2) is 5.82. The second-order valence-electron chi connectivity index (χ2n) is 4.13. The van der Waals surface area contributed by atoms with Gasteiger partial charge in [-0.15, -0.1) is 13.2 Å². The number of nitrogens with zero attached hydrogens (tertiary/aromatic N) is 1. The SMILES string of the molecule is C=CCN(CC=C)C1(C(N)=O)CCNCC1. The molecule has 1 fully saturated rings. The van der Waals surface area contributed by atoms with E-state index >= 15 is 0 Å². The van der Waals surface area contributed by atoms with Gasteiger partial charge in [-0.3, -0.25) is 9.69 Å². The van der Waals surface area contributed by atoms with Gasteiger partial charge in [0.2, 0.25) is 5.91 Å². The van der Waals surface area contributed by atoms with Crippen LogP contribution in [0.3, 0.4) is 0 Å². The van der Waals surface area contributed by atoms with Crippen molar-refractivity contribution in [1.29, 1.82) is 0 Å². The van der Waals surface area contributed by atoms with Gasteiger partial charge in [-0.05, 0) is 25.9 Å². The highest BCUT2D eigenvalue weighted by atomic mass is 16.1. The molecule has 0 radical (unpaired) electrons. The molecule has 0 aromatic rings. The predicted octanol–water partition coefficient (Wildman–Crippen LogP) is 0.268. The summed E-state index contributed by atoms with van der Waals surface area (Å²) in [4.78, 5) is 13.8. The van der Waals surface area contributed by atoms with Crippen LogP contribution >= 0.6 is 0 Å². The number of carbonyl (C=O) groups is 1. The summed E-state index contributed by atoms with van der Waals surface area (Å²) in [6, 6.07) is 0. The Morgan fingerprint density at radius 1 is 1.31 bits per heavy atom. The first-order valence-corrected chi connectivity index (χ1v) is 5.65. The molecule has 0 bridgehead atoms. The average Bonchev–Trinajstić information content (AvgIpc) is 2.29. The maximum atomic E-state index is 11.8. The largest absolute Gasteiger partial charge is 0.368 e. The number of primary amides is 1. The smallest absolute Gasteiger partial charge is 0.238 e. The van der Waals surface area contributed by atoms with Gasteiger partial charge in [0.25, 0.3) is 0 Å². The number of hydrogen-bond donors (Lipinski definition) is 2. The standard InChI is InChI=1S/C12H21N3O/c1-3-9-15(10-4-2)12(11(13)16)5-7-14-8-6-12/h3-4,14H,1-2,5-10H2,(H2,13,16). The first-order chi connectivity index (χ1) is 7.67. The van der Waals surface area contributed by atoms with Crippen LogP contribution in [-0.4, -0.2) is 42.5 Å². The third kappa shape index (κ3) is 2.51. The third-order valence-electron chi connectivity index (χ3n) is 3.19. The maximum absolute atomic E-state index is 11.8. The van der Waals surface area contributed by atoms with Crippen LogP contribution in [0.2, 0.25) is 0 Å². The molecule has 0 saturated carbocycles. The van der Waals surface area contributed by atoms with E-state index in [9.17, 15) is 4.79 Å². The van der Waals surface area contributed by atoms with E-state index in [1.54, 1.807) is 12.2 Å². The lowest BCUT2D eigenvalue weighted by molar-refractivity contribution is -0.131. The van der Waals surface area contributed by atoms with E-state index in [-0.39, 0.29) is 5.91 Å². The van der Waals surface area contributed by atoms with Crippen molar-refractivity contribution in [3.8, 4) is 0 Å². The highest BCUT2D eigenvalue weighted by Crippen LogP contribution is 2.26. The summed E-state index contributed by atoms with van der Waals surface area (Å²) in [6.07, 6.45) is 5.11. The number of carbonyl (C=O) groups excluding carboxylic acids is 1. The van der Waals surface area contributed by atoms with Crippen molar-refractivity contribution in [2.24, 2.45) is 5.73 Å². The van der Waals surface area contributed by atoms with Crippen LogP contribution in [0, 0.1) is 0 Å². The summed E-state index contributed by atoms with van der Waals surface area (Å²) in [5.74, 6) is -0.238. The minimum absolute atomic E-state index is 0.238. The molecule has 4 heteroatoms. The Hall–Kier alpha value is -1.13. The zero-order valence-electron chi connectivity index (χ0n) is 9.74. The molecule has 0 aliphatic carbocycles. The quantitative estimate of drug-likeness (QED) is 0.635. The summed E-state index contributed by atoms with van der Waals surface area (Å²) in [5, 5.41) is 3.25. The number of nitrogens with two attached hydrogens (primary N) is 1. The molecule has 0 unspecified atom stereocenters. The molecule has 1 rings (SSSR count). The summed E-state index contributed by atoms with van der Waals surface area (Å²) in [6.45, 7) is 10.4. The predicted molar refractivity (Wildman–Crippen MR) is 66.0 cm³/mol. The second-order valence-corrected chi connectivity index (χ2v) is 4.13. The molecule has 1 aliphatic heterocycles. The molecule has 1 saturated heterocycles. The highest BCUT2D eigenvalue weighted by Gasteiger charge is 2.42. The fourth-order valence-corrected chi connectivity index (χ4v) is 2.29. The molecule has 0 spiro atoms. The fourth-order valence-electron chi connectivity index (χ4n) is 2.29. The number of rotatable bonds is 6. The van der Waals surface area contributed by atoms with Gasteiger partial charge in [0.1, 0.15) is 5.54 Å². The average molecular weight is 223 g/mol. The number of piperidine rings is 1. The van der Waals surface area contributed by atoms with Gasteiger partial charge in [0.15, 0.2) is 0 Å². The third-order valence-corrected chi connectivity index (χ3v) is 3.19. The van der Waals surface area contributed by atoms with Crippen LogP contribution in [0.1, 0.15) is 12.8 Å². The molecule has 16 heavy (non-hydrogen) atoms. The molecule has 1 aliphatic rings. The highest BCUT2D eigenvalue weighted by molar-refractivity contribution is 5.85. The minimum Gasteiger partial charge on any atom is -0.368 e. The fraction of sp³-hybridized carbons (Fsp3) is 0.583. The van der Waals surface area contributed by atoms with Crippen LogP contribution in [0.4, 0.5) is 0 Å². The molecule has 0 aromatic heterocycles. The van der Waals surface area contributed by atoms with Crippen molar-refractivity contribution in [3.63, 3.8) is 0 Å². The van der Waals surface area contributed by atoms with Crippen molar-refractivity contribution in [1.82, 2.24) is 10.2 Å². The zero-order chi connectivity index (χ0) is 12.0. The Balaban J connectivity index is 2.90. The summed E-state index contributed by atoms with van der Waals surface area (Å²) >= 11 is 0. The van der Waals surface area contributed by atoms with E-state index < -0.39 is 5.54 Å². The van der Waals surface area contributed by atoms with E-state index in [1.165, 1.54) is 0 Å². The molecule has 1 amide bonds. The topological polar surface area (TPSA) is 58.4 Å². The van der Waals surface area contributed by atoms with Crippen molar-refractivity contribution in [2.45, 2.75) is 18.4 Å². The van der Waals surface area contributed by atoms with Crippen LogP contribution in [0.15, 0.2) is 25.3 Å². The molecule has 0 aromatic carbocycles. The van der Waals surface area contributed by atoms with Gasteiger partial charge in [-0.1, -0.05) is 12.2 Å². The number of hydrogen-bond acceptors (Lipinski definition) is 3. The summed E-state index contributed by atoms with van der Waals surface area (Å²) in [5.41, 5.74) is 5.05. The minimum atomic E-state index is -0.534. The van der Waals surface area contributed by atoms with Gasteiger partial charge in [0, 0.05) is 13.1 Å². The lowest BCUT2D eigenvalue weighted by Crippen LogP contribution is -2.62. The Kier molecular flexibility index (Phi) is 4.71. The first-order valence-electron chi connectivity index (χ1n) is 5.65. The Morgan fingerprint density at radius 2 is 1.81 bits per heavy atom. The maximum Gasteiger partial charge on any atom is 0.238 e. The molecule has 0 atom stereocenters. The van der Waals surface area contributed by atoms with E-state index in [0.29, 0.717) is 13.1 Å². The Bertz CT molecular complexity index is 259. The Labute approximate surface area is 97.2 Å². The normalized spacial score (nSPS) is 19.3. The Morgan fingerprint density at radius 3 is 2.19 bits per heavy atom. The zero-order valence-corrected chi connectivity index (χ0v) is 9.74. The van der Waals surface area contributed by atoms with E-state index in [4.69, 9.17) is 5.73 Å². The number of amides is 1.